The summed E-state index contributed by atoms with van der Waals surface area (Å²) in [6.45, 7) is 4.01. The molecule has 0 saturated heterocycles. The Bertz CT molecular complexity index is 1180. The molecule has 0 aliphatic carbocycles. The summed E-state index contributed by atoms with van der Waals surface area (Å²) in [6.07, 6.45) is 2.66. The van der Waals surface area contributed by atoms with Gasteiger partial charge in [0, 0.05) is 0 Å². The molecule has 154 valence electrons. The molecule has 0 fully saturated rings. The number of hydrogen-bond donors (Lipinski definition) is 0. The molecule has 5 rings (SSSR count). The maximum absolute atomic E-state index is 4.98. The van der Waals surface area contributed by atoms with Gasteiger partial charge in [-0.3, -0.25) is 0 Å². The van der Waals surface area contributed by atoms with Crippen molar-refractivity contribution in [3.05, 3.63) is 114 Å². The van der Waals surface area contributed by atoms with Gasteiger partial charge < -0.3 is 0 Å². The molecule has 0 spiro atoms. The zero-order valence-corrected chi connectivity index (χ0v) is 18.7. The normalized spacial score (nSPS) is 12.2. The number of benzene rings is 3. The van der Waals surface area contributed by atoms with Crippen LogP contribution in [0.5, 0.6) is 0 Å². The number of nitrogens with zero attached hydrogens (tertiary/aromatic N) is 4. The van der Waals surface area contributed by atoms with Crippen molar-refractivity contribution in [2.45, 2.75) is 20.0 Å². The molecular formula is C26H25N4P. The first kappa shape index (κ1) is 19.6. The summed E-state index contributed by atoms with van der Waals surface area (Å²) < 4.78 is 1.88. The van der Waals surface area contributed by atoms with Gasteiger partial charge in [-0.05, 0) is 0 Å². The quantitative estimate of drug-likeness (QED) is 0.401. The number of aromatic nitrogens is 4. The van der Waals surface area contributed by atoms with Crippen molar-refractivity contribution in [1.82, 2.24) is 19.6 Å². The first-order valence-corrected chi connectivity index (χ1v) is 12.7. The number of hydrogen-bond acceptors (Lipinski definition) is 3. The molecular weight excluding hydrogens is 399 g/mol. The van der Waals surface area contributed by atoms with E-state index in [4.69, 9.17) is 10.1 Å². The average Bonchev–Trinajstić information content (AvgIpc) is 3.27. The molecule has 0 unspecified atom stereocenters. The van der Waals surface area contributed by atoms with Gasteiger partial charge >= 0.3 is 183 Å². The van der Waals surface area contributed by atoms with Crippen LogP contribution in [-0.2, 0) is 6.16 Å². The van der Waals surface area contributed by atoms with E-state index in [0.29, 0.717) is 0 Å². The third kappa shape index (κ3) is 3.43. The molecule has 5 aromatic rings. The molecule has 0 N–H and O–H groups in total. The molecule has 0 aliphatic rings. The molecule has 0 amide bonds. The van der Waals surface area contributed by atoms with Gasteiger partial charge in [0.1, 0.15) is 0 Å². The van der Waals surface area contributed by atoms with Gasteiger partial charge in [0.25, 0.3) is 0 Å². The zero-order chi connectivity index (χ0) is 21.3. The molecule has 0 radical (unpaired) electrons. The molecule has 0 aliphatic heterocycles. The fourth-order valence-corrected chi connectivity index (χ4v) is 8.95. The Morgan fingerprint density at radius 3 is 1.65 bits per heavy atom. The fraction of sp³-hybridized carbons (Fsp3) is 0.115. The van der Waals surface area contributed by atoms with Crippen molar-refractivity contribution >= 4 is 28.8 Å². The first-order valence-electron chi connectivity index (χ1n) is 10.5. The monoisotopic (exact) mass is 424 g/mol. The summed E-state index contributed by atoms with van der Waals surface area (Å²) in [4.78, 5) is 9.44. The molecule has 4 nitrogen and oxygen atoms in total. The molecule has 2 aromatic heterocycles. The maximum atomic E-state index is 4.98. The van der Waals surface area contributed by atoms with Crippen molar-refractivity contribution in [3.63, 3.8) is 0 Å². The molecule has 0 bridgehead atoms. The summed E-state index contributed by atoms with van der Waals surface area (Å²) in [5.41, 5.74) is 1.93. The van der Waals surface area contributed by atoms with E-state index in [1.165, 1.54) is 15.9 Å². The zero-order valence-electron chi connectivity index (χ0n) is 17.7. The summed E-state index contributed by atoms with van der Waals surface area (Å²) >= 11 is 0. The van der Waals surface area contributed by atoms with Gasteiger partial charge in [-0.25, -0.2) is 0 Å². The van der Waals surface area contributed by atoms with Crippen LogP contribution < -0.4 is 15.9 Å². The van der Waals surface area contributed by atoms with E-state index in [9.17, 15) is 0 Å². The Hall–Kier alpha value is -3.36. The Morgan fingerprint density at radius 1 is 0.710 bits per heavy atom. The van der Waals surface area contributed by atoms with E-state index in [-0.39, 0.29) is 0 Å². The topological polar surface area (TPSA) is 43.1 Å². The number of aryl methyl sites for hydroxylation is 2. The second kappa shape index (κ2) is 8.05. The van der Waals surface area contributed by atoms with Gasteiger partial charge in [0.2, 0.25) is 0 Å². The van der Waals surface area contributed by atoms with Crippen LogP contribution in [0, 0.1) is 13.8 Å². The standard InChI is InChI=1S/C26H25N4P/c1-20-18-27-21(2)30-26(20)28-25(29-30)19-31(22-12-6-3-7-13-22,23-14-8-4-9-15-23)24-16-10-5-11-17-24/h3-18,31H,19H2,1-2H3. The SMILES string of the molecule is Cc1cnc(C)n2nc(C[PH](c3ccccc3)(c3ccccc3)c3ccccc3)nc12. The van der Waals surface area contributed by atoms with E-state index in [2.05, 4.69) is 96.0 Å². The van der Waals surface area contributed by atoms with E-state index < -0.39 is 7.26 Å². The van der Waals surface area contributed by atoms with Gasteiger partial charge in [-0.15, -0.1) is 0 Å². The minimum atomic E-state index is -2.42. The van der Waals surface area contributed by atoms with Crippen molar-refractivity contribution in [2.24, 2.45) is 0 Å². The van der Waals surface area contributed by atoms with E-state index in [1.807, 2.05) is 24.6 Å². The number of fused-ring (bicyclic) bond motifs is 1. The van der Waals surface area contributed by atoms with Crippen LogP contribution in [0.1, 0.15) is 17.2 Å². The van der Waals surface area contributed by atoms with Gasteiger partial charge in [0.15, 0.2) is 0 Å². The minimum absolute atomic E-state index is 0.783. The van der Waals surface area contributed by atoms with Crippen LogP contribution in [0.15, 0.2) is 97.2 Å². The molecule has 0 atom stereocenters. The molecule has 3 aromatic carbocycles. The third-order valence-corrected chi connectivity index (χ3v) is 10.8. The Morgan fingerprint density at radius 2 is 1.19 bits per heavy atom. The van der Waals surface area contributed by atoms with E-state index in [1.54, 1.807) is 0 Å². The number of rotatable bonds is 5. The van der Waals surface area contributed by atoms with Crippen LogP contribution in [0.3, 0.4) is 0 Å². The van der Waals surface area contributed by atoms with Gasteiger partial charge in [-0.2, -0.15) is 0 Å². The van der Waals surface area contributed by atoms with Gasteiger partial charge in [0.05, 0.1) is 0 Å². The van der Waals surface area contributed by atoms with Crippen LogP contribution >= 0.6 is 7.26 Å². The van der Waals surface area contributed by atoms with Crippen LogP contribution in [-0.4, -0.2) is 19.6 Å². The second-order valence-corrected chi connectivity index (χ2v) is 11.8. The van der Waals surface area contributed by atoms with Crippen molar-refractivity contribution in [3.8, 4) is 0 Å². The predicted molar refractivity (Wildman–Crippen MR) is 131 cm³/mol. The van der Waals surface area contributed by atoms with E-state index in [0.717, 1.165) is 29.0 Å². The Balaban J connectivity index is 1.78. The van der Waals surface area contributed by atoms with Crippen molar-refractivity contribution in [1.29, 1.82) is 0 Å². The molecule has 31 heavy (non-hydrogen) atoms. The summed E-state index contributed by atoms with van der Waals surface area (Å²) in [5, 5.41) is 8.99. The Labute approximate surface area is 183 Å². The Kier molecular flexibility index (Phi) is 5.09. The van der Waals surface area contributed by atoms with Crippen molar-refractivity contribution < 1.29 is 0 Å². The summed E-state index contributed by atoms with van der Waals surface area (Å²) in [7, 11) is -2.42. The second-order valence-electron chi connectivity index (χ2n) is 7.93. The molecule has 5 heteroatoms. The van der Waals surface area contributed by atoms with Crippen LogP contribution in [0.25, 0.3) is 5.65 Å². The van der Waals surface area contributed by atoms with Crippen molar-refractivity contribution in [2.75, 3.05) is 0 Å². The van der Waals surface area contributed by atoms with Gasteiger partial charge in [-0.1, -0.05) is 0 Å². The molecule has 0 saturated carbocycles. The average molecular weight is 424 g/mol. The van der Waals surface area contributed by atoms with Crippen LogP contribution in [0.4, 0.5) is 0 Å². The first-order chi connectivity index (χ1) is 15.2. The summed E-state index contributed by atoms with van der Waals surface area (Å²) in [6, 6.07) is 32.7. The molecule has 2 heterocycles. The third-order valence-electron chi connectivity index (χ3n) is 5.98. The van der Waals surface area contributed by atoms with E-state index >= 15 is 0 Å². The van der Waals surface area contributed by atoms with Crippen LogP contribution in [0.2, 0.25) is 0 Å². The fourth-order valence-electron chi connectivity index (χ4n) is 4.42. The summed E-state index contributed by atoms with van der Waals surface area (Å²) in [5.74, 6) is 1.72. The predicted octanol–water partition coefficient (Wildman–Crippen LogP) is 3.97.